The van der Waals surface area contributed by atoms with Gasteiger partial charge in [-0.2, -0.15) is 0 Å². The van der Waals surface area contributed by atoms with Crippen LogP contribution >= 0.6 is 0 Å². The van der Waals surface area contributed by atoms with E-state index in [1.54, 1.807) is 17.0 Å². The molecule has 0 aromatic heterocycles. The first-order valence-electron chi connectivity index (χ1n) is 8.23. The Morgan fingerprint density at radius 1 is 1.08 bits per heavy atom. The zero-order valence-corrected chi connectivity index (χ0v) is 14.8. The van der Waals surface area contributed by atoms with Crippen molar-refractivity contribution in [2.24, 2.45) is 0 Å². The standard InChI is InChI=1S/C20H23FN2O2/c1-14-7-8-19(11-15(14)2)23(16(3)24)10-9-22-20(25)13-17-5-4-6-18(21)12-17/h4-8,11-12H,9-10,13H2,1-3H3,(H,22,25). The predicted molar refractivity (Wildman–Crippen MR) is 97.1 cm³/mol. The molecule has 1 N–H and O–H groups in total. The van der Waals surface area contributed by atoms with E-state index in [0.717, 1.165) is 16.8 Å². The van der Waals surface area contributed by atoms with Crippen molar-refractivity contribution in [3.63, 3.8) is 0 Å². The normalized spacial score (nSPS) is 10.4. The maximum Gasteiger partial charge on any atom is 0.224 e. The van der Waals surface area contributed by atoms with Crippen molar-refractivity contribution in [2.45, 2.75) is 27.2 Å². The zero-order chi connectivity index (χ0) is 18.4. The lowest BCUT2D eigenvalue weighted by Gasteiger charge is -2.22. The van der Waals surface area contributed by atoms with E-state index in [1.807, 2.05) is 32.0 Å². The zero-order valence-electron chi connectivity index (χ0n) is 14.8. The maximum absolute atomic E-state index is 13.1. The van der Waals surface area contributed by atoms with Gasteiger partial charge in [0.1, 0.15) is 5.82 Å². The van der Waals surface area contributed by atoms with Crippen molar-refractivity contribution in [1.82, 2.24) is 5.32 Å². The van der Waals surface area contributed by atoms with Crippen LogP contribution in [-0.4, -0.2) is 24.9 Å². The van der Waals surface area contributed by atoms with Gasteiger partial charge in [-0.1, -0.05) is 18.2 Å². The molecule has 5 heteroatoms. The summed E-state index contributed by atoms with van der Waals surface area (Å²) >= 11 is 0. The molecule has 0 heterocycles. The number of carbonyl (C=O) groups is 2. The number of nitrogens with zero attached hydrogens (tertiary/aromatic N) is 1. The fourth-order valence-corrected chi connectivity index (χ4v) is 2.56. The summed E-state index contributed by atoms with van der Waals surface area (Å²) in [6.07, 6.45) is 0.113. The molecule has 2 amide bonds. The Hall–Kier alpha value is -2.69. The van der Waals surface area contributed by atoms with Gasteiger partial charge in [0, 0.05) is 25.7 Å². The molecular weight excluding hydrogens is 319 g/mol. The molecule has 0 radical (unpaired) electrons. The minimum Gasteiger partial charge on any atom is -0.354 e. The van der Waals surface area contributed by atoms with Crippen molar-refractivity contribution in [3.8, 4) is 0 Å². The van der Waals surface area contributed by atoms with Crippen LogP contribution in [-0.2, 0) is 16.0 Å². The first kappa shape index (κ1) is 18.6. The predicted octanol–water partition coefficient (Wildman–Crippen LogP) is 3.15. The number of halogens is 1. The Bertz CT molecular complexity index is 774. The number of anilines is 1. The van der Waals surface area contributed by atoms with Crippen molar-refractivity contribution in [2.75, 3.05) is 18.0 Å². The summed E-state index contributed by atoms with van der Waals surface area (Å²) in [6, 6.07) is 11.8. The van der Waals surface area contributed by atoms with E-state index in [9.17, 15) is 14.0 Å². The molecule has 0 fully saturated rings. The number of hydrogen-bond acceptors (Lipinski definition) is 2. The van der Waals surface area contributed by atoms with Crippen LogP contribution in [0.5, 0.6) is 0 Å². The van der Waals surface area contributed by atoms with Crippen molar-refractivity contribution >= 4 is 17.5 Å². The molecule has 0 saturated heterocycles. The van der Waals surface area contributed by atoms with E-state index in [2.05, 4.69) is 5.32 Å². The van der Waals surface area contributed by atoms with E-state index in [1.165, 1.54) is 19.1 Å². The molecule has 0 saturated carbocycles. The molecule has 4 nitrogen and oxygen atoms in total. The summed E-state index contributed by atoms with van der Waals surface area (Å²) in [7, 11) is 0. The van der Waals surface area contributed by atoms with Gasteiger partial charge in [0.05, 0.1) is 6.42 Å². The Morgan fingerprint density at radius 3 is 2.48 bits per heavy atom. The Morgan fingerprint density at radius 2 is 1.84 bits per heavy atom. The average molecular weight is 342 g/mol. The molecule has 25 heavy (non-hydrogen) atoms. The third kappa shape index (κ3) is 5.41. The van der Waals surface area contributed by atoms with Gasteiger partial charge in [0.15, 0.2) is 0 Å². The second-order valence-corrected chi connectivity index (χ2v) is 6.10. The fourth-order valence-electron chi connectivity index (χ4n) is 2.56. The van der Waals surface area contributed by atoms with E-state index in [4.69, 9.17) is 0 Å². The average Bonchev–Trinajstić information content (AvgIpc) is 2.54. The molecule has 2 aromatic carbocycles. The number of benzene rings is 2. The summed E-state index contributed by atoms with van der Waals surface area (Å²) in [4.78, 5) is 25.5. The van der Waals surface area contributed by atoms with Crippen molar-refractivity contribution in [3.05, 3.63) is 65.0 Å². The van der Waals surface area contributed by atoms with Gasteiger partial charge in [-0.3, -0.25) is 9.59 Å². The van der Waals surface area contributed by atoms with Crippen LogP contribution in [0.15, 0.2) is 42.5 Å². The van der Waals surface area contributed by atoms with Crippen LogP contribution in [0.3, 0.4) is 0 Å². The highest BCUT2D eigenvalue weighted by Crippen LogP contribution is 2.18. The molecule has 0 bridgehead atoms. The third-order valence-corrected chi connectivity index (χ3v) is 4.09. The Kier molecular flexibility index (Phi) is 6.28. The molecular formula is C20H23FN2O2. The molecule has 2 aromatic rings. The molecule has 0 atom stereocenters. The van der Waals surface area contributed by atoms with E-state index >= 15 is 0 Å². The molecule has 132 valence electrons. The number of amides is 2. The van der Waals surface area contributed by atoms with Crippen LogP contribution in [0.2, 0.25) is 0 Å². The van der Waals surface area contributed by atoms with Crippen molar-refractivity contribution < 1.29 is 14.0 Å². The van der Waals surface area contributed by atoms with Crippen LogP contribution in [0.4, 0.5) is 10.1 Å². The summed E-state index contributed by atoms with van der Waals surface area (Å²) in [5.41, 5.74) is 3.71. The monoisotopic (exact) mass is 342 g/mol. The summed E-state index contributed by atoms with van der Waals surface area (Å²) in [6.45, 7) is 6.24. The SMILES string of the molecule is CC(=O)N(CCNC(=O)Cc1cccc(F)c1)c1ccc(C)c(C)c1. The van der Waals surface area contributed by atoms with Crippen LogP contribution in [0, 0.1) is 19.7 Å². The maximum atomic E-state index is 13.1. The smallest absolute Gasteiger partial charge is 0.224 e. The second kappa shape index (κ2) is 8.42. The molecule has 2 rings (SSSR count). The lowest BCUT2D eigenvalue weighted by Crippen LogP contribution is -2.38. The lowest BCUT2D eigenvalue weighted by atomic mass is 10.1. The summed E-state index contributed by atoms with van der Waals surface area (Å²) < 4.78 is 13.1. The Balaban J connectivity index is 1.92. The van der Waals surface area contributed by atoms with Gasteiger partial charge in [-0.25, -0.2) is 4.39 Å². The highest BCUT2D eigenvalue weighted by Gasteiger charge is 2.12. The fraction of sp³-hybridized carbons (Fsp3) is 0.300. The minimum atomic E-state index is -0.359. The van der Waals surface area contributed by atoms with E-state index in [-0.39, 0.29) is 24.1 Å². The molecule has 0 aliphatic carbocycles. The van der Waals surface area contributed by atoms with Gasteiger partial charge in [0.25, 0.3) is 0 Å². The minimum absolute atomic E-state index is 0.0809. The van der Waals surface area contributed by atoms with E-state index < -0.39 is 0 Å². The highest BCUT2D eigenvalue weighted by atomic mass is 19.1. The number of rotatable bonds is 6. The highest BCUT2D eigenvalue weighted by molar-refractivity contribution is 5.91. The van der Waals surface area contributed by atoms with Gasteiger partial charge >= 0.3 is 0 Å². The Labute approximate surface area is 147 Å². The van der Waals surface area contributed by atoms with Gasteiger partial charge < -0.3 is 10.2 Å². The molecule has 0 unspecified atom stereocenters. The quantitative estimate of drug-likeness (QED) is 0.877. The van der Waals surface area contributed by atoms with Crippen LogP contribution in [0.1, 0.15) is 23.6 Å². The lowest BCUT2D eigenvalue weighted by molar-refractivity contribution is -0.121. The topological polar surface area (TPSA) is 49.4 Å². The molecule has 0 aliphatic rings. The van der Waals surface area contributed by atoms with Crippen LogP contribution in [0.25, 0.3) is 0 Å². The van der Waals surface area contributed by atoms with Gasteiger partial charge in [0.2, 0.25) is 11.8 Å². The second-order valence-electron chi connectivity index (χ2n) is 6.10. The largest absolute Gasteiger partial charge is 0.354 e. The number of hydrogen-bond donors (Lipinski definition) is 1. The van der Waals surface area contributed by atoms with Gasteiger partial charge in [-0.05, 0) is 54.8 Å². The first-order valence-corrected chi connectivity index (χ1v) is 8.23. The molecule has 0 spiro atoms. The first-order chi connectivity index (χ1) is 11.9. The third-order valence-electron chi connectivity index (χ3n) is 4.09. The number of carbonyl (C=O) groups excluding carboxylic acids is 2. The summed E-state index contributed by atoms with van der Waals surface area (Å²) in [5, 5.41) is 2.78. The number of aryl methyl sites for hydroxylation is 2. The van der Waals surface area contributed by atoms with E-state index in [0.29, 0.717) is 18.7 Å². The van der Waals surface area contributed by atoms with Crippen LogP contribution < -0.4 is 10.2 Å². The number of nitrogens with one attached hydrogen (secondary N) is 1. The molecule has 0 aliphatic heterocycles. The van der Waals surface area contributed by atoms with Gasteiger partial charge in [-0.15, -0.1) is 0 Å². The van der Waals surface area contributed by atoms with Crippen molar-refractivity contribution in [1.29, 1.82) is 0 Å². The summed E-state index contributed by atoms with van der Waals surface area (Å²) in [5.74, 6) is -0.639.